The number of hydrogen-bond acceptors (Lipinski definition) is 3. The van der Waals surface area contributed by atoms with Crippen LogP contribution in [0.4, 0.5) is 13.2 Å². The number of hydrogen-bond donors (Lipinski definition) is 2. The molecule has 6 nitrogen and oxygen atoms in total. The van der Waals surface area contributed by atoms with E-state index in [1.807, 2.05) is 0 Å². The van der Waals surface area contributed by atoms with Gasteiger partial charge in [-0.1, -0.05) is 18.2 Å². The lowest BCUT2D eigenvalue weighted by atomic mass is 10.2. The van der Waals surface area contributed by atoms with Gasteiger partial charge >= 0.3 is 12.1 Å². The summed E-state index contributed by atoms with van der Waals surface area (Å²) in [6.07, 6.45) is -4.70. The number of amides is 1. The molecule has 2 aromatic rings. The molecule has 9 heteroatoms. The molecule has 112 valence electrons. The van der Waals surface area contributed by atoms with Gasteiger partial charge in [0.2, 0.25) is 0 Å². The molecule has 0 aliphatic heterocycles. The Hall–Kier alpha value is -2.58. The second kappa shape index (κ2) is 5.43. The summed E-state index contributed by atoms with van der Waals surface area (Å²) < 4.78 is 37.4. The van der Waals surface area contributed by atoms with Gasteiger partial charge in [0, 0.05) is 5.39 Å². The van der Waals surface area contributed by atoms with Gasteiger partial charge < -0.3 is 10.0 Å². The molecule has 0 saturated carbocycles. The monoisotopic (exact) mass is 301 g/mol. The van der Waals surface area contributed by atoms with Crippen LogP contribution in [0.1, 0.15) is 10.5 Å². The molecule has 0 saturated heterocycles. The van der Waals surface area contributed by atoms with Crippen molar-refractivity contribution < 1.29 is 27.9 Å². The number of carbonyl (C=O) groups is 2. The average Bonchev–Trinajstić information content (AvgIpc) is 2.78. The summed E-state index contributed by atoms with van der Waals surface area (Å²) in [4.78, 5) is 23.0. The molecule has 0 spiro atoms. The average molecular weight is 301 g/mol. The highest BCUT2D eigenvalue weighted by molar-refractivity contribution is 6.05. The molecule has 1 aromatic heterocycles. The van der Waals surface area contributed by atoms with Crippen LogP contribution < -0.4 is 0 Å². The van der Waals surface area contributed by atoms with Crippen LogP contribution in [0.2, 0.25) is 0 Å². The first-order chi connectivity index (χ1) is 9.78. The number of carboxylic acids is 1. The van der Waals surface area contributed by atoms with Crippen LogP contribution in [-0.2, 0) is 4.79 Å². The Balaban J connectivity index is 2.35. The van der Waals surface area contributed by atoms with Crippen molar-refractivity contribution in [3.8, 4) is 0 Å². The van der Waals surface area contributed by atoms with Gasteiger partial charge in [0.05, 0.1) is 5.52 Å². The number of aromatic nitrogens is 2. The van der Waals surface area contributed by atoms with E-state index in [1.165, 1.54) is 6.07 Å². The molecule has 0 bridgehead atoms. The van der Waals surface area contributed by atoms with Crippen LogP contribution in [0.3, 0.4) is 0 Å². The largest absolute Gasteiger partial charge is 0.480 e. The highest BCUT2D eigenvalue weighted by Crippen LogP contribution is 2.21. The Kier molecular flexibility index (Phi) is 3.83. The number of carboxylic acid groups (broad SMARTS) is 1. The van der Waals surface area contributed by atoms with E-state index in [1.54, 1.807) is 18.2 Å². The highest BCUT2D eigenvalue weighted by Gasteiger charge is 2.35. The molecular weight excluding hydrogens is 291 g/mol. The summed E-state index contributed by atoms with van der Waals surface area (Å²) in [5, 5.41) is 15.2. The summed E-state index contributed by atoms with van der Waals surface area (Å²) in [6, 6.07) is 6.38. The van der Waals surface area contributed by atoms with Gasteiger partial charge in [-0.05, 0) is 6.07 Å². The topological polar surface area (TPSA) is 86.3 Å². The molecule has 21 heavy (non-hydrogen) atoms. The van der Waals surface area contributed by atoms with Crippen LogP contribution in [0.25, 0.3) is 10.9 Å². The van der Waals surface area contributed by atoms with Crippen LogP contribution in [-0.4, -0.2) is 51.3 Å². The fourth-order valence-electron chi connectivity index (χ4n) is 1.86. The van der Waals surface area contributed by atoms with E-state index < -0.39 is 31.1 Å². The van der Waals surface area contributed by atoms with Crippen molar-refractivity contribution in [3.63, 3.8) is 0 Å². The maximum atomic E-state index is 12.5. The van der Waals surface area contributed by atoms with E-state index in [9.17, 15) is 22.8 Å². The Morgan fingerprint density at radius 3 is 2.57 bits per heavy atom. The summed E-state index contributed by atoms with van der Waals surface area (Å²) in [6.45, 7) is -2.71. The normalized spacial score (nSPS) is 11.6. The van der Waals surface area contributed by atoms with Crippen molar-refractivity contribution >= 4 is 22.8 Å². The van der Waals surface area contributed by atoms with Gasteiger partial charge in [-0.3, -0.25) is 14.7 Å². The number of aromatic amines is 1. The standard InChI is InChI=1S/C12H10F3N3O3/c13-12(14,15)6-18(5-9(19)20)11(21)10-7-3-1-2-4-8(7)16-17-10/h1-4H,5-6H2,(H,16,17)(H,19,20). The Labute approximate surface area is 116 Å². The molecule has 0 atom stereocenters. The number of halogens is 3. The molecule has 2 N–H and O–H groups in total. The Morgan fingerprint density at radius 2 is 1.95 bits per heavy atom. The smallest absolute Gasteiger partial charge is 0.406 e. The fraction of sp³-hybridized carbons (Fsp3) is 0.250. The molecule has 0 aliphatic carbocycles. The predicted octanol–water partition coefficient (Wildman–Crippen LogP) is 1.65. The van der Waals surface area contributed by atoms with Gasteiger partial charge in [-0.2, -0.15) is 18.3 Å². The summed E-state index contributed by atoms with van der Waals surface area (Å²) in [5.74, 6) is -2.63. The number of nitrogens with zero attached hydrogens (tertiary/aromatic N) is 2. The lowest BCUT2D eigenvalue weighted by Crippen LogP contribution is -2.42. The number of benzene rings is 1. The molecule has 0 fully saturated rings. The quantitative estimate of drug-likeness (QED) is 0.899. The molecule has 0 radical (unpaired) electrons. The zero-order valence-electron chi connectivity index (χ0n) is 10.5. The number of para-hydroxylation sites is 1. The molecule has 2 rings (SSSR count). The number of nitrogens with one attached hydrogen (secondary N) is 1. The first kappa shape index (κ1) is 14.8. The number of rotatable bonds is 4. The van der Waals surface area contributed by atoms with Crippen molar-refractivity contribution in [3.05, 3.63) is 30.0 Å². The molecular formula is C12H10F3N3O3. The summed E-state index contributed by atoms with van der Waals surface area (Å²) in [5.41, 5.74) is 0.235. The van der Waals surface area contributed by atoms with Gasteiger partial charge in [-0.15, -0.1) is 0 Å². The van der Waals surface area contributed by atoms with Crippen LogP contribution >= 0.6 is 0 Å². The zero-order valence-corrected chi connectivity index (χ0v) is 10.5. The predicted molar refractivity (Wildman–Crippen MR) is 65.7 cm³/mol. The number of aliphatic carboxylic acids is 1. The third-order valence-corrected chi connectivity index (χ3v) is 2.66. The molecule has 0 aliphatic rings. The lowest BCUT2D eigenvalue weighted by Gasteiger charge is -2.21. The van der Waals surface area contributed by atoms with Crippen LogP contribution in [0, 0.1) is 0 Å². The number of alkyl halides is 3. The summed E-state index contributed by atoms with van der Waals surface area (Å²) >= 11 is 0. The van der Waals surface area contributed by atoms with E-state index in [4.69, 9.17) is 5.11 Å². The molecule has 0 unspecified atom stereocenters. The number of fused-ring (bicyclic) bond motifs is 1. The minimum Gasteiger partial charge on any atom is -0.480 e. The van der Waals surface area contributed by atoms with E-state index >= 15 is 0 Å². The molecule has 1 aromatic carbocycles. The maximum absolute atomic E-state index is 12.5. The molecule has 1 amide bonds. The number of carbonyl (C=O) groups excluding carboxylic acids is 1. The highest BCUT2D eigenvalue weighted by atomic mass is 19.4. The Morgan fingerprint density at radius 1 is 1.29 bits per heavy atom. The fourth-order valence-corrected chi connectivity index (χ4v) is 1.86. The van der Waals surface area contributed by atoms with Crippen molar-refractivity contribution in [2.75, 3.05) is 13.1 Å². The summed E-state index contributed by atoms with van der Waals surface area (Å²) in [7, 11) is 0. The van der Waals surface area contributed by atoms with Crippen molar-refractivity contribution in [1.82, 2.24) is 15.1 Å². The van der Waals surface area contributed by atoms with Gasteiger partial charge in [-0.25, -0.2) is 0 Å². The van der Waals surface area contributed by atoms with E-state index in [-0.39, 0.29) is 10.6 Å². The first-order valence-electron chi connectivity index (χ1n) is 5.79. The minimum absolute atomic E-state index is 0.199. The van der Waals surface area contributed by atoms with Crippen molar-refractivity contribution in [2.24, 2.45) is 0 Å². The van der Waals surface area contributed by atoms with Crippen molar-refractivity contribution in [2.45, 2.75) is 6.18 Å². The van der Waals surface area contributed by atoms with Crippen LogP contribution in [0.5, 0.6) is 0 Å². The second-order valence-corrected chi connectivity index (χ2v) is 4.29. The third-order valence-electron chi connectivity index (χ3n) is 2.66. The molecule has 1 heterocycles. The maximum Gasteiger partial charge on any atom is 0.406 e. The second-order valence-electron chi connectivity index (χ2n) is 4.29. The van der Waals surface area contributed by atoms with E-state index in [2.05, 4.69) is 10.2 Å². The van der Waals surface area contributed by atoms with Gasteiger partial charge in [0.15, 0.2) is 5.69 Å². The van der Waals surface area contributed by atoms with E-state index in [0.717, 1.165) is 0 Å². The van der Waals surface area contributed by atoms with Crippen LogP contribution in [0.15, 0.2) is 24.3 Å². The van der Waals surface area contributed by atoms with Gasteiger partial charge in [0.25, 0.3) is 5.91 Å². The van der Waals surface area contributed by atoms with Gasteiger partial charge in [0.1, 0.15) is 13.1 Å². The first-order valence-corrected chi connectivity index (χ1v) is 5.79. The van der Waals surface area contributed by atoms with E-state index in [0.29, 0.717) is 10.9 Å². The number of H-pyrrole nitrogens is 1. The lowest BCUT2D eigenvalue weighted by molar-refractivity contribution is -0.149. The zero-order chi connectivity index (χ0) is 15.6. The van der Waals surface area contributed by atoms with Crippen molar-refractivity contribution in [1.29, 1.82) is 0 Å². The minimum atomic E-state index is -4.70. The Bertz CT molecular complexity index is 681. The SMILES string of the molecule is O=C(O)CN(CC(F)(F)F)C(=O)c1n[nH]c2ccccc12. The third kappa shape index (κ3) is 3.50.